The molecule has 0 fully saturated rings. The second-order valence-corrected chi connectivity index (χ2v) is 4.76. The van der Waals surface area contributed by atoms with Crippen molar-refractivity contribution >= 4 is 38.6 Å². The highest BCUT2D eigenvalue weighted by Gasteiger charge is 2.12. The molecule has 0 aromatic heterocycles. The van der Waals surface area contributed by atoms with Gasteiger partial charge in [-0.1, -0.05) is 33.2 Å². The van der Waals surface area contributed by atoms with Gasteiger partial charge in [0.1, 0.15) is 5.71 Å². The van der Waals surface area contributed by atoms with Crippen LogP contribution < -0.4 is 27.8 Å². The van der Waals surface area contributed by atoms with Crippen LogP contribution in [0.3, 0.4) is 0 Å². The van der Waals surface area contributed by atoms with E-state index in [4.69, 9.17) is 5.73 Å². The van der Waals surface area contributed by atoms with Crippen LogP contribution in [0.2, 0.25) is 0 Å². The lowest BCUT2D eigenvalue weighted by atomic mass is 10.1. The van der Waals surface area contributed by atoms with Crippen molar-refractivity contribution < 1.29 is 22.1 Å². The van der Waals surface area contributed by atoms with Crippen LogP contribution in [0.5, 0.6) is 0 Å². The fraction of sp³-hybridized carbons (Fsp3) is 0.111. The molecule has 0 atom stereocenters. The molecule has 6 heteroatoms. The van der Waals surface area contributed by atoms with E-state index in [1.54, 1.807) is 11.8 Å². The van der Waals surface area contributed by atoms with Gasteiger partial charge in [0.2, 0.25) is 0 Å². The number of nitrogens with one attached hydrogen (secondary N) is 1. The van der Waals surface area contributed by atoms with E-state index in [0.29, 0.717) is 5.17 Å². The molecular weight excluding hydrogens is 342 g/mol. The number of amidine groups is 1. The minimum absolute atomic E-state index is 0. The first-order valence-electron chi connectivity index (χ1n) is 4.09. The minimum atomic E-state index is 0. The highest BCUT2D eigenvalue weighted by atomic mass is 79.9. The van der Waals surface area contributed by atoms with Crippen LogP contribution in [0.4, 0.5) is 0 Å². The Bertz CT molecular complexity index is 400. The van der Waals surface area contributed by atoms with Gasteiger partial charge in [-0.05, 0) is 23.9 Å². The summed E-state index contributed by atoms with van der Waals surface area (Å²) in [7, 11) is 0. The van der Waals surface area contributed by atoms with Crippen LogP contribution in [0.25, 0.3) is 0 Å². The third-order valence-electron chi connectivity index (χ3n) is 1.84. The molecule has 15 heavy (non-hydrogen) atoms. The first-order chi connectivity index (χ1) is 6.75. The van der Waals surface area contributed by atoms with E-state index < -0.39 is 0 Å². The molecule has 0 saturated heterocycles. The number of rotatable bonds is 1. The standard InChI is InChI=1S/C9H8BrN3S.BrH/c10-7-3-1-6(2-4-7)8-5-14-9(11)13-12-8;/h1-4H,5H2,(H2,11,13);1H. The number of benzene rings is 1. The molecule has 0 radical (unpaired) electrons. The van der Waals surface area contributed by atoms with Gasteiger partial charge in [0, 0.05) is 10.0 Å². The quantitative estimate of drug-likeness (QED) is 0.579. The molecule has 1 aliphatic rings. The largest absolute Gasteiger partial charge is 1.00 e. The zero-order valence-electron chi connectivity index (χ0n) is 7.71. The van der Waals surface area contributed by atoms with Crippen molar-refractivity contribution in [3.8, 4) is 0 Å². The summed E-state index contributed by atoms with van der Waals surface area (Å²) in [6.45, 7) is 0. The summed E-state index contributed by atoms with van der Waals surface area (Å²) in [5.41, 5.74) is 7.70. The van der Waals surface area contributed by atoms with Gasteiger partial charge in [-0.25, -0.2) is 0 Å². The average molecular weight is 351 g/mol. The minimum Gasteiger partial charge on any atom is -1.00 e. The highest BCUT2D eigenvalue weighted by Crippen LogP contribution is 2.13. The number of hydrogen-bond donors (Lipinski definition) is 2. The van der Waals surface area contributed by atoms with E-state index in [1.807, 2.05) is 24.3 Å². The van der Waals surface area contributed by atoms with Crippen molar-refractivity contribution in [1.29, 1.82) is 0 Å². The molecule has 1 aliphatic heterocycles. The van der Waals surface area contributed by atoms with Gasteiger partial charge in [-0.3, -0.25) is 5.73 Å². The van der Waals surface area contributed by atoms with Crippen LogP contribution in [-0.2, 0) is 0 Å². The topological polar surface area (TPSA) is 52.4 Å². The molecule has 3 nitrogen and oxygen atoms in total. The zero-order chi connectivity index (χ0) is 9.97. The zero-order valence-corrected chi connectivity index (χ0v) is 11.7. The van der Waals surface area contributed by atoms with Gasteiger partial charge in [0.15, 0.2) is 0 Å². The summed E-state index contributed by atoms with van der Waals surface area (Å²) in [6, 6.07) is 8.08. The molecule has 80 valence electrons. The van der Waals surface area contributed by atoms with E-state index in [1.165, 1.54) is 0 Å². The lowest BCUT2D eigenvalue weighted by Gasteiger charge is -2.05. The van der Waals surface area contributed by atoms with Crippen molar-refractivity contribution in [3.05, 3.63) is 34.3 Å². The molecule has 3 N–H and O–H groups in total. The Hall–Kier alpha value is -0.330. The fourth-order valence-corrected chi connectivity index (χ4v) is 2.02. The van der Waals surface area contributed by atoms with Crippen molar-refractivity contribution in [3.63, 3.8) is 0 Å². The summed E-state index contributed by atoms with van der Waals surface area (Å²) in [6.07, 6.45) is 0. The number of nitrogens with zero attached hydrogens (tertiary/aromatic N) is 1. The van der Waals surface area contributed by atoms with Gasteiger partial charge in [0.25, 0.3) is 0 Å². The molecule has 0 saturated carbocycles. The number of hydrazone groups is 1. The van der Waals surface area contributed by atoms with Gasteiger partial charge in [-0.2, -0.15) is 0 Å². The van der Waals surface area contributed by atoms with E-state index in [9.17, 15) is 0 Å². The van der Waals surface area contributed by atoms with Gasteiger partial charge < -0.3 is 17.0 Å². The summed E-state index contributed by atoms with van der Waals surface area (Å²) in [5, 5.41) is 7.62. The van der Waals surface area contributed by atoms with Crippen LogP contribution in [0.1, 0.15) is 5.56 Å². The molecule has 1 aromatic carbocycles. The smallest absolute Gasteiger partial charge is 0.327 e. The van der Waals surface area contributed by atoms with E-state index in [-0.39, 0.29) is 17.0 Å². The maximum absolute atomic E-state index is 5.55. The SMILES string of the molecule is NC1=[NH+]N=C(c2ccc(Br)cc2)CS1.[Br-]. The average Bonchev–Trinajstić information content (AvgIpc) is 2.21. The van der Waals surface area contributed by atoms with Crippen LogP contribution in [0, 0.1) is 0 Å². The van der Waals surface area contributed by atoms with Gasteiger partial charge in [0.05, 0.1) is 5.75 Å². The molecule has 0 aliphatic carbocycles. The van der Waals surface area contributed by atoms with Crippen LogP contribution >= 0.6 is 27.7 Å². The third kappa shape index (κ3) is 3.32. The molecule has 0 unspecified atom stereocenters. The second kappa shape index (κ2) is 5.67. The Morgan fingerprint density at radius 3 is 2.53 bits per heavy atom. The van der Waals surface area contributed by atoms with Crippen LogP contribution in [-0.4, -0.2) is 16.6 Å². The fourth-order valence-electron chi connectivity index (χ4n) is 1.12. The van der Waals surface area contributed by atoms with E-state index in [2.05, 4.69) is 26.1 Å². The molecular formula is C9H9Br2N3S. The molecule has 0 amide bonds. The second-order valence-electron chi connectivity index (χ2n) is 2.83. The number of nitrogens with two attached hydrogens (primary N) is 1. The molecule has 0 spiro atoms. The molecule has 1 heterocycles. The normalized spacial score (nSPS) is 15.0. The summed E-state index contributed by atoms with van der Waals surface area (Å²) in [5.74, 6) is 0.820. The summed E-state index contributed by atoms with van der Waals surface area (Å²) in [4.78, 5) is 0. The third-order valence-corrected chi connectivity index (χ3v) is 3.19. The van der Waals surface area contributed by atoms with E-state index in [0.717, 1.165) is 21.5 Å². The van der Waals surface area contributed by atoms with Crippen molar-refractivity contribution in [1.82, 2.24) is 0 Å². The van der Waals surface area contributed by atoms with Gasteiger partial charge >= 0.3 is 5.17 Å². The highest BCUT2D eigenvalue weighted by molar-refractivity contribution is 9.10. The maximum Gasteiger partial charge on any atom is 0.327 e. The first-order valence-corrected chi connectivity index (χ1v) is 5.87. The molecule has 0 bridgehead atoms. The predicted molar refractivity (Wildman–Crippen MR) is 63.3 cm³/mol. The lowest BCUT2D eigenvalue weighted by molar-refractivity contribution is -0.460. The monoisotopic (exact) mass is 349 g/mol. The van der Waals surface area contributed by atoms with Crippen molar-refractivity contribution in [2.24, 2.45) is 10.8 Å². The van der Waals surface area contributed by atoms with Crippen molar-refractivity contribution in [2.75, 3.05) is 5.75 Å². The van der Waals surface area contributed by atoms with Crippen molar-refractivity contribution in [2.45, 2.75) is 0 Å². The Morgan fingerprint density at radius 2 is 2.00 bits per heavy atom. The Balaban J connectivity index is 0.00000112. The van der Waals surface area contributed by atoms with Gasteiger partial charge in [-0.15, -0.1) is 5.10 Å². The molecule has 1 aromatic rings. The number of hydrogen-bond acceptors (Lipinski definition) is 3. The lowest BCUT2D eigenvalue weighted by Crippen LogP contribution is -3.00. The Labute approximate surface area is 111 Å². The molecule has 2 rings (SSSR count). The number of halogens is 2. The Morgan fingerprint density at radius 1 is 1.33 bits per heavy atom. The predicted octanol–water partition coefficient (Wildman–Crippen LogP) is -2.70. The first kappa shape index (κ1) is 12.7. The summed E-state index contributed by atoms with van der Waals surface area (Å²) >= 11 is 4.96. The summed E-state index contributed by atoms with van der Waals surface area (Å²) < 4.78 is 1.07. The maximum atomic E-state index is 5.55. The van der Waals surface area contributed by atoms with E-state index >= 15 is 0 Å². The van der Waals surface area contributed by atoms with Crippen LogP contribution in [0.15, 0.2) is 33.8 Å². The Kier molecular flexibility index (Phi) is 4.82. The number of thioether (sulfide) groups is 1.